The minimum Gasteiger partial charge on any atom is -0.457 e. The van der Waals surface area contributed by atoms with E-state index < -0.39 is 6.10 Å². The quantitative estimate of drug-likeness (QED) is 0.0482. The average Bonchev–Trinajstić information content (AvgIpc) is 2.94. The van der Waals surface area contributed by atoms with E-state index in [-0.39, 0.29) is 31.9 Å². The molecule has 1 atom stereocenters. The SMILES string of the molecule is CCCCCCCCCCCC(=O)O[C@H](CO)COCOCCCCCCCCCCCCCCCNC(C)=O. The minimum absolute atomic E-state index is 0.0717. The molecule has 238 valence electrons. The fourth-order valence-corrected chi connectivity index (χ4v) is 4.78. The molecule has 40 heavy (non-hydrogen) atoms. The monoisotopic (exact) mass is 571 g/mol. The minimum atomic E-state index is -0.615. The zero-order valence-electron chi connectivity index (χ0n) is 26.4. The highest BCUT2D eigenvalue weighted by Crippen LogP contribution is 2.13. The van der Waals surface area contributed by atoms with Crippen molar-refractivity contribution >= 4 is 11.9 Å². The van der Waals surface area contributed by atoms with Gasteiger partial charge in [0.1, 0.15) is 12.9 Å². The van der Waals surface area contributed by atoms with Crippen molar-refractivity contribution in [2.75, 3.05) is 33.2 Å². The second-order valence-corrected chi connectivity index (χ2v) is 11.3. The van der Waals surface area contributed by atoms with Crippen LogP contribution in [0.15, 0.2) is 0 Å². The van der Waals surface area contributed by atoms with Crippen LogP contribution in [-0.2, 0) is 23.8 Å². The highest BCUT2D eigenvalue weighted by Gasteiger charge is 2.13. The Bertz CT molecular complexity index is 545. The summed E-state index contributed by atoms with van der Waals surface area (Å²) < 4.78 is 16.3. The largest absolute Gasteiger partial charge is 0.457 e. The lowest BCUT2D eigenvalue weighted by atomic mass is 10.0. The van der Waals surface area contributed by atoms with Gasteiger partial charge >= 0.3 is 5.97 Å². The molecule has 7 nitrogen and oxygen atoms in total. The fourth-order valence-electron chi connectivity index (χ4n) is 4.78. The second kappa shape index (κ2) is 32.3. The summed E-state index contributed by atoms with van der Waals surface area (Å²) in [4.78, 5) is 22.8. The number of carbonyl (C=O) groups excluding carboxylic acids is 2. The third-order valence-corrected chi connectivity index (χ3v) is 7.30. The number of ether oxygens (including phenoxy) is 3. The number of carbonyl (C=O) groups is 2. The Kier molecular flexibility index (Phi) is 31.4. The van der Waals surface area contributed by atoms with Crippen LogP contribution in [0.2, 0.25) is 0 Å². The molecular formula is C33H65NO6. The van der Waals surface area contributed by atoms with E-state index in [9.17, 15) is 14.7 Å². The molecule has 0 heterocycles. The summed E-state index contributed by atoms with van der Waals surface area (Å²) in [5.41, 5.74) is 0. The third-order valence-electron chi connectivity index (χ3n) is 7.30. The number of esters is 1. The third kappa shape index (κ3) is 31.3. The molecule has 1 amide bonds. The van der Waals surface area contributed by atoms with Crippen LogP contribution in [0.5, 0.6) is 0 Å². The van der Waals surface area contributed by atoms with Gasteiger partial charge in [-0.05, 0) is 19.3 Å². The highest BCUT2D eigenvalue weighted by molar-refractivity contribution is 5.72. The van der Waals surface area contributed by atoms with E-state index in [0.29, 0.717) is 13.0 Å². The van der Waals surface area contributed by atoms with Gasteiger partial charge in [-0.15, -0.1) is 0 Å². The van der Waals surface area contributed by atoms with Crippen molar-refractivity contribution in [2.24, 2.45) is 0 Å². The molecule has 0 radical (unpaired) electrons. The number of rotatable bonds is 32. The van der Waals surface area contributed by atoms with Crippen LogP contribution in [0.1, 0.15) is 162 Å². The van der Waals surface area contributed by atoms with Crippen LogP contribution in [0.3, 0.4) is 0 Å². The predicted octanol–water partition coefficient (Wildman–Crippen LogP) is 8.01. The Morgan fingerprint density at radius 2 is 1.12 bits per heavy atom. The normalized spacial score (nSPS) is 12.0. The smallest absolute Gasteiger partial charge is 0.306 e. The van der Waals surface area contributed by atoms with Gasteiger partial charge in [0, 0.05) is 26.5 Å². The van der Waals surface area contributed by atoms with Crippen molar-refractivity contribution in [2.45, 2.75) is 168 Å². The van der Waals surface area contributed by atoms with E-state index in [2.05, 4.69) is 12.2 Å². The molecule has 0 aliphatic rings. The molecule has 0 rings (SSSR count). The first-order chi connectivity index (χ1) is 19.6. The number of amides is 1. The number of nitrogens with one attached hydrogen (secondary N) is 1. The molecule has 0 spiro atoms. The van der Waals surface area contributed by atoms with Gasteiger partial charge in [0.2, 0.25) is 5.91 Å². The van der Waals surface area contributed by atoms with E-state index in [0.717, 1.165) is 32.2 Å². The van der Waals surface area contributed by atoms with E-state index in [1.807, 2.05) is 0 Å². The molecule has 0 saturated heterocycles. The molecule has 0 unspecified atom stereocenters. The van der Waals surface area contributed by atoms with Gasteiger partial charge in [0.05, 0.1) is 13.2 Å². The highest BCUT2D eigenvalue weighted by atomic mass is 16.7. The van der Waals surface area contributed by atoms with Gasteiger partial charge in [-0.2, -0.15) is 0 Å². The Morgan fingerprint density at radius 3 is 1.62 bits per heavy atom. The van der Waals surface area contributed by atoms with E-state index in [1.54, 1.807) is 6.92 Å². The fraction of sp³-hybridized carbons (Fsp3) is 0.939. The van der Waals surface area contributed by atoms with Crippen LogP contribution in [-0.4, -0.2) is 56.2 Å². The van der Waals surface area contributed by atoms with Gasteiger partial charge in [0.15, 0.2) is 0 Å². The van der Waals surface area contributed by atoms with Crippen molar-refractivity contribution in [1.82, 2.24) is 5.32 Å². The van der Waals surface area contributed by atoms with Gasteiger partial charge in [0.25, 0.3) is 0 Å². The summed E-state index contributed by atoms with van der Waals surface area (Å²) >= 11 is 0. The van der Waals surface area contributed by atoms with Gasteiger partial charge in [-0.3, -0.25) is 9.59 Å². The topological polar surface area (TPSA) is 94.1 Å². The van der Waals surface area contributed by atoms with E-state index >= 15 is 0 Å². The Labute approximate surface area is 246 Å². The molecule has 0 aromatic rings. The summed E-state index contributed by atoms with van der Waals surface area (Å²) in [6.45, 7) is 5.40. The first-order valence-electron chi connectivity index (χ1n) is 16.8. The van der Waals surface area contributed by atoms with Crippen LogP contribution < -0.4 is 5.32 Å². The summed E-state index contributed by atoms with van der Waals surface area (Å²) in [7, 11) is 0. The Morgan fingerprint density at radius 1 is 0.650 bits per heavy atom. The first kappa shape index (κ1) is 38.8. The molecule has 0 aromatic carbocycles. The number of aliphatic hydroxyl groups excluding tert-OH is 1. The maximum absolute atomic E-state index is 12.0. The van der Waals surface area contributed by atoms with Gasteiger partial charge in [-0.1, -0.05) is 129 Å². The van der Waals surface area contributed by atoms with Crippen molar-refractivity contribution in [3.05, 3.63) is 0 Å². The molecule has 0 aromatic heterocycles. The zero-order valence-corrected chi connectivity index (χ0v) is 26.4. The lowest BCUT2D eigenvalue weighted by molar-refractivity contribution is -0.159. The van der Waals surface area contributed by atoms with Crippen molar-refractivity contribution < 1.29 is 28.9 Å². The zero-order chi connectivity index (χ0) is 29.4. The molecule has 0 fully saturated rings. The van der Waals surface area contributed by atoms with Crippen LogP contribution >= 0.6 is 0 Å². The van der Waals surface area contributed by atoms with E-state index in [1.165, 1.54) is 116 Å². The lowest BCUT2D eigenvalue weighted by Gasteiger charge is -2.16. The predicted molar refractivity (Wildman–Crippen MR) is 164 cm³/mol. The number of aliphatic hydroxyl groups is 1. The molecule has 2 N–H and O–H groups in total. The summed E-state index contributed by atoms with van der Waals surface area (Å²) in [6, 6.07) is 0. The molecular weight excluding hydrogens is 506 g/mol. The van der Waals surface area contributed by atoms with E-state index in [4.69, 9.17) is 14.2 Å². The molecule has 0 aliphatic carbocycles. The molecule has 0 aliphatic heterocycles. The Hall–Kier alpha value is -1.18. The molecule has 0 saturated carbocycles. The summed E-state index contributed by atoms with van der Waals surface area (Å²) in [5, 5.41) is 12.3. The van der Waals surface area contributed by atoms with Crippen molar-refractivity contribution in [1.29, 1.82) is 0 Å². The molecule has 7 heteroatoms. The maximum atomic E-state index is 12.0. The maximum Gasteiger partial charge on any atom is 0.306 e. The summed E-state index contributed by atoms with van der Waals surface area (Å²) in [6.07, 6.45) is 27.0. The second-order valence-electron chi connectivity index (χ2n) is 11.3. The number of unbranched alkanes of at least 4 members (excludes halogenated alkanes) is 20. The number of hydrogen-bond acceptors (Lipinski definition) is 6. The van der Waals surface area contributed by atoms with Gasteiger partial charge < -0.3 is 24.6 Å². The van der Waals surface area contributed by atoms with Crippen molar-refractivity contribution in [3.63, 3.8) is 0 Å². The Balaban J connectivity index is 3.35. The first-order valence-corrected chi connectivity index (χ1v) is 16.8. The standard InChI is InChI=1S/C33H65NO6/c1-3-4-5-6-7-13-16-19-22-25-33(37)40-32(28-35)29-39-30-38-27-24-21-18-15-12-10-8-9-11-14-17-20-23-26-34-31(2)36/h32,35H,3-30H2,1-2H3,(H,34,36)/t32-/m1/s1. The van der Waals surface area contributed by atoms with Crippen LogP contribution in [0, 0.1) is 0 Å². The lowest BCUT2D eigenvalue weighted by Crippen LogP contribution is -2.27. The average molecular weight is 572 g/mol. The molecule has 0 bridgehead atoms. The summed E-state index contributed by atoms with van der Waals surface area (Å²) in [5.74, 6) is -0.180. The van der Waals surface area contributed by atoms with Crippen molar-refractivity contribution in [3.8, 4) is 0 Å². The van der Waals surface area contributed by atoms with Gasteiger partial charge in [-0.25, -0.2) is 0 Å². The number of hydrogen-bond donors (Lipinski definition) is 2. The van der Waals surface area contributed by atoms with Crippen LogP contribution in [0.4, 0.5) is 0 Å². The van der Waals surface area contributed by atoms with Crippen LogP contribution in [0.25, 0.3) is 0 Å².